The average Bonchev–Trinajstić information content (AvgIpc) is 2.69. The van der Waals surface area contributed by atoms with Gasteiger partial charge in [-0.05, 0) is 48.8 Å². The predicted molar refractivity (Wildman–Crippen MR) is 111 cm³/mol. The predicted octanol–water partition coefficient (Wildman–Crippen LogP) is 4.65. The second-order valence-corrected chi connectivity index (χ2v) is 9.13. The highest BCUT2D eigenvalue weighted by atomic mass is 35.5. The molecule has 0 radical (unpaired) electrons. The molecule has 3 amide bonds. The van der Waals surface area contributed by atoms with Gasteiger partial charge in [0.25, 0.3) is 0 Å². The highest BCUT2D eigenvalue weighted by molar-refractivity contribution is 6.30. The lowest BCUT2D eigenvalue weighted by Crippen LogP contribution is -2.71. The zero-order valence-corrected chi connectivity index (χ0v) is 18.3. The van der Waals surface area contributed by atoms with Crippen LogP contribution >= 0.6 is 11.6 Å². The number of aliphatic carboxylic acids is 1. The number of β-lactam (4-membered cyclic amide) rings is 1. The summed E-state index contributed by atoms with van der Waals surface area (Å²) in [5, 5.41) is 12.0. The Labute approximate surface area is 189 Å². The van der Waals surface area contributed by atoms with E-state index in [2.05, 4.69) is 0 Å². The van der Waals surface area contributed by atoms with Crippen molar-refractivity contribution in [3.8, 4) is 0 Å². The van der Waals surface area contributed by atoms with Crippen LogP contribution in [0, 0.1) is 17.8 Å². The van der Waals surface area contributed by atoms with Crippen molar-refractivity contribution in [1.29, 1.82) is 0 Å². The summed E-state index contributed by atoms with van der Waals surface area (Å²) in [6, 6.07) is 1.95. The number of benzene rings is 1. The minimum Gasteiger partial charge on any atom is -0.480 e. The Morgan fingerprint density at radius 3 is 2.47 bits per heavy atom. The van der Waals surface area contributed by atoms with Gasteiger partial charge in [-0.3, -0.25) is 4.79 Å². The third-order valence-corrected chi connectivity index (χ3v) is 6.66. The third kappa shape index (κ3) is 5.19. The summed E-state index contributed by atoms with van der Waals surface area (Å²) in [5.74, 6) is -4.47. The first kappa shape index (κ1) is 24.4. The van der Waals surface area contributed by atoms with E-state index in [1.54, 1.807) is 31.2 Å². The number of halogens is 4. The molecular weight excluding hydrogens is 449 g/mol. The van der Waals surface area contributed by atoms with Gasteiger partial charge in [0.05, 0.1) is 5.92 Å². The van der Waals surface area contributed by atoms with Crippen LogP contribution in [0.25, 0.3) is 0 Å². The number of alkyl halides is 3. The number of likely N-dealkylation sites (tertiary alicyclic amines) is 1. The number of imide groups is 1. The summed E-state index contributed by atoms with van der Waals surface area (Å²) < 4.78 is 40.9. The molecule has 176 valence electrons. The maximum Gasteiger partial charge on any atom is 0.408 e. The Hall–Kier alpha value is -2.29. The molecule has 1 aromatic rings. The van der Waals surface area contributed by atoms with Gasteiger partial charge in [-0.2, -0.15) is 13.2 Å². The summed E-state index contributed by atoms with van der Waals surface area (Å²) in [6.45, 7) is 1.68. The number of nitrogens with zero attached hydrogens (tertiary/aromatic N) is 1. The maximum atomic E-state index is 13.6. The van der Waals surface area contributed by atoms with Crippen molar-refractivity contribution in [2.45, 2.75) is 63.7 Å². The van der Waals surface area contributed by atoms with Crippen molar-refractivity contribution in [2.24, 2.45) is 17.8 Å². The van der Waals surface area contributed by atoms with Gasteiger partial charge in [-0.1, -0.05) is 49.9 Å². The van der Waals surface area contributed by atoms with Crippen molar-refractivity contribution in [1.82, 2.24) is 10.2 Å². The largest absolute Gasteiger partial charge is 0.480 e. The Balaban J connectivity index is 1.73. The molecule has 10 heteroatoms. The van der Waals surface area contributed by atoms with Gasteiger partial charge >= 0.3 is 18.2 Å². The highest BCUT2D eigenvalue weighted by Crippen LogP contribution is 2.38. The van der Waals surface area contributed by atoms with Gasteiger partial charge in [-0.25, -0.2) is 14.5 Å². The molecule has 2 aliphatic rings. The van der Waals surface area contributed by atoms with Gasteiger partial charge in [0.1, 0.15) is 6.04 Å². The number of carboxylic acid groups (broad SMARTS) is 1. The van der Waals surface area contributed by atoms with E-state index in [-0.39, 0.29) is 0 Å². The summed E-state index contributed by atoms with van der Waals surface area (Å²) in [4.78, 5) is 37.6. The molecule has 2 fully saturated rings. The Bertz CT molecular complexity index is 873. The lowest BCUT2D eigenvalue weighted by Gasteiger charge is -2.46. The molecule has 1 saturated carbocycles. The smallest absolute Gasteiger partial charge is 0.408 e. The van der Waals surface area contributed by atoms with Crippen molar-refractivity contribution in [3.63, 3.8) is 0 Å². The second-order valence-electron chi connectivity index (χ2n) is 8.70. The minimum absolute atomic E-state index is 0.320. The molecule has 3 rings (SSSR count). The Morgan fingerprint density at radius 1 is 1.25 bits per heavy atom. The number of carbonyl (C=O) groups excluding carboxylic acids is 2. The number of hydrogen-bond donors (Lipinski definition) is 2. The SMILES string of the molecule is C[C@@H](Cc1cccc(Cl)c1)[C@H]1C(=O)N(C(=O)N[C@@H](C2CCCCC2)C(F)(F)F)[C@@H]1C(=O)O. The van der Waals surface area contributed by atoms with Gasteiger partial charge in [0.15, 0.2) is 6.04 Å². The van der Waals surface area contributed by atoms with E-state index in [1.165, 1.54) is 0 Å². The van der Waals surface area contributed by atoms with Crippen LogP contribution in [-0.2, 0) is 16.0 Å². The summed E-state index contributed by atoms with van der Waals surface area (Å²) in [7, 11) is 0. The maximum absolute atomic E-state index is 13.6. The van der Waals surface area contributed by atoms with Crippen LogP contribution in [0.4, 0.5) is 18.0 Å². The first-order valence-electron chi connectivity index (χ1n) is 10.7. The van der Waals surface area contributed by atoms with Crippen LogP contribution in [0.5, 0.6) is 0 Å². The fourth-order valence-electron chi connectivity index (χ4n) is 4.86. The molecule has 1 heterocycles. The highest BCUT2D eigenvalue weighted by Gasteiger charge is 2.58. The van der Waals surface area contributed by atoms with E-state index >= 15 is 0 Å². The molecule has 1 aliphatic heterocycles. The van der Waals surface area contributed by atoms with E-state index in [0.717, 1.165) is 12.0 Å². The molecule has 2 N–H and O–H groups in total. The van der Waals surface area contributed by atoms with E-state index in [9.17, 15) is 32.7 Å². The van der Waals surface area contributed by atoms with Gasteiger partial charge in [0.2, 0.25) is 5.91 Å². The molecule has 4 atom stereocenters. The molecule has 1 aromatic carbocycles. The number of nitrogens with one attached hydrogen (secondary N) is 1. The zero-order chi connectivity index (χ0) is 23.6. The normalized spacial score (nSPS) is 23.9. The van der Waals surface area contributed by atoms with Crippen LogP contribution < -0.4 is 5.32 Å². The standard InChI is InChI=1S/C22H26ClF3N2O4/c1-12(10-13-6-5-9-15(23)11-13)16-17(20(30)31)28(19(16)29)21(32)27-18(22(24,25)26)14-7-3-2-4-8-14/h5-6,9,11-12,14,16-18H,2-4,7-8,10H2,1H3,(H,27,32)(H,30,31)/t12-,16+,17-,18-/m0/s1. The minimum atomic E-state index is -4.69. The molecule has 32 heavy (non-hydrogen) atoms. The molecule has 1 saturated heterocycles. The number of amides is 3. The molecule has 0 spiro atoms. The Kier molecular flexibility index (Phi) is 7.37. The number of carbonyl (C=O) groups is 3. The summed E-state index contributed by atoms with van der Waals surface area (Å²) in [5.41, 5.74) is 0.791. The molecule has 1 aliphatic carbocycles. The van der Waals surface area contributed by atoms with E-state index < -0.39 is 53.9 Å². The van der Waals surface area contributed by atoms with E-state index in [4.69, 9.17) is 11.6 Å². The topological polar surface area (TPSA) is 86.7 Å². The summed E-state index contributed by atoms with van der Waals surface area (Å²) in [6.07, 6.45) is -1.60. The van der Waals surface area contributed by atoms with Crippen molar-refractivity contribution >= 4 is 29.5 Å². The molecule has 0 aromatic heterocycles. The van der Waals surface area contributed by atoms with Crippen LogP contribution in [0.15, 0.2) is 24.3 Å². The van der Waals surface area contributed by atoms with Crippen LogP contribution in [-0.4, -0.2) is 46.2 Å². The molecule has 0 unspecified atom stereocenters. The van der Waals surface area contributed by atoms with Gasteiger partial charge in [0, 0.05) is 5.02 Å². The average molecular weight is 475 g/mol. The van der Waals surface area contributed by atoms with Crippen molar-refractivity contribution in [2.75, 3.05) is 0 Å². The first-order chi connectivity index (χ1) is 15.0. The fraction of sp³-hybridized carbons (Fsp3) is 0.591. The monoisotopic (exact) mass is 474 g/mol. The summed E-state index contributed by atoms with van der Waals surface area (Å²) >= 11 is 5.96. The number of urea groups is 1. The number of rotatable bonds is 6. The molecular formula is C22H26ClF3N2O4. The number of carboxylic acids is 1. The lowest BCUT2D eigenvalue weighted by molar-refractivity contribution is -0.174. The first-order valence-corrected chi connectivity index (χ1v) is 11.1. The van der Waals surface area contributed by atoms with Crippen LogP contribution in [0.1, 0.15) is 44.6 Å². The fourth-order valence-corrected chi connectivity index (χ4v) is 5.07. The quantitative estimate of drug-likeness (QED) is 0.587. The zero-order valence-electron chi connectivity index (χ0n) is 17.6. The second kappa shape index (κ2) is 9.68. The Morgan fingerprint density at radius 2 is 1.91 bits per heavy atom. The molecule has 0 bridgehead atoms. The van der Waals surface area contributed by atoms with Crippen molar-refractivity contribution < 1.29 is 32.7 Å². The van der Waals surface area contributed by atoms with Gasteiger partial charge in [-0.15, -0.1) is 0 Å². The van der Waals surface area contributed by atoms with E-state index in [0.29, 0.717) is 42.0 Å². The lowest BCUT2D eigenvalue weighted by atomic mass is 9.75. The van der Waals surface area contributed by atoms with Crippen LogP contribution in [0.2, 0.25) is 5.02 Å². The van der Waals surface area contributed by atoms with Crippen LogP contribution in [0.3, 0.4) is 0 Å². The van der Waals surface area contributed by atoms with Gasteiger partial charge < -0.3 is 10.4 Å². The van der Waals surface area contributed by atoms with E-state index in [1.807, 2.05) is 5.32 Å². The number of hydrogen-bond acceptors (Lipinski definition) is 3. The van der Waals surface area contributed by atoms with Crippen molar-refractivity contribution in [3.05, 3.63) is 34.9 Å². The third-order valence-electron chi connectivity index (χ3n) is 6.43. The molecule has 6 nitrogen and oxygen atoms in total.